The van der Waals surface area contributed by atoms with Crippen LogP contribution in [0.25, 0.3) is 0 Å². The van der Waals surface area contributed by atoms with E-state index in [2.05, 4.69) is 33.7 Å². The minimum absolute atomic E-state index is 0.110. The Balaban J connectivity index is 1.80. The van der Waals surface area contributed by atoms with Crippen molar-refractivity contribution < 1.29 is 4.79 Å². The van der Waals surface area contributed by atoms with Gasteiger partial charge in [0.05, 0.1) is 0 Å². The van der Waals surface area contributed by atoms with Crippen LogP contribution in [-0.4, -0.2) is 31.1 Å². The van der Waals surface area contributed by atoms with Crippen molar-refractivity contribution in [2.75, 3.05) is 18.0 Å². The summed E-state index contributed by atoms with van der Waals surface area (Å²) in [6.45, 7) is 4.66. The number of benzene rings is 1. The van der Waals surface area contributed by atoms with Crippen LogP contribution in [0.5, 0.6) is 0 Å². The fourth-order valence-corrected chi connectivity index (χ4v) is 2.58. The van der Waals surface area contributed by atoms with E-state index in [1.165, 1.54) is 11.3 Å². The van der Waals surface area contributed by atoms with Gasteiger partial charge < -0.3 is 15.5 Å². The molecule has 19 heavy (non-hydrogen) atoms. The Labute approximate surface area is 114 Å². The summed E-state index contributed by atoms with van der Waals surface area (Å²) >= 11 is 0. The molecule has 0 bridgehead atoms. The monoisotopic (exact) mass is 259 g/mol. The number of fused-ring (bicyclic) bond motifs is 1. The Hall–Kier alpha value is -1.55. The van der Waals surface area contributed by atoms with Crippen LogP contribution in [0.1, 0.15) is 25.3 Å². The molecule has 4 heteroatoms. The summed E-state index contributed by atoms with van der Waals surface area (Å²) in [7, 11) is 0. The molecule has 1 aromatic carbocycles. The topological polar surface area (TPSA) is 44.4 Å². The van der Waals surface area contributed by atoms with Crippen molar-refractivity contribution in [2.24, 2.45) is 0 Å². The van der Waals surface area contributed by atoms with Gasteiger partial charge in [-0.3, -0.25) is 4.79 Å². The zero-order chi connectivity index (χ0) is 13.2. The molecule has 1 aromatic rings. The number of rotatable bonds is 3. The molecule has 1 saturated carbocycles. The molecule has 0 aromatic heterocycles. The Morgan fingerprint density at radius 1 is 1.42 bits per heavy atom. The molecule has 1 atom stereocenters. The van der Waals surface area contributed by atoms with E-state index >= 15 is 0 Å². The molecule has 0 radical (unpaired) electrons. The summed E-state index contributed by atoms with van der Waals surface area (Å²) in [6, 6.07) is 8.66. The molecule has 2 N–H and O–H groups in total. The van der Waals surface area contributed by atoms with Crippen LogP contribution in [0.3, 0.4) is 0 Å². The van der Waals surface area contributed by atoms with Gasteiger partial charge in [-0.05, 0) is 31.4 Å². The third kappa shape index (κ3) is 2.73. The normalized spacial score (nSPS) is 20.4. The Morgan fingerprint density at radius 2 is 2.21 bits per heavy atom. The molecule has 1 fully saturated rings. The number of amides is 1. The predicted octanol–water partition coefficient (Wildman–Crippen LogP) is 1.26. The van der Waals surface area contributed by atoms with Gasteiger partial charge in [0.1, 0.15) is 6.04 Å². The molecule has 4 nitrogen and oxygen atoms in total. The zero-order valence-corrected chi connectivity index (χ0v) is 11.4. The minimum Gasteiger partial charge on any atom is -0.358 e. The number of carbonyl (C=O) groups is 1. The highest BCUT2D eigenvalue weighted by atomic mass is 16.2. The van der Waals surface area contributed by atoms with Crippen molar-refractivity contribution in [2.45, 2.75) is 38.4 Å². The van der Waals surface area contributed by atoms with Crippen LogP contribution in [0.2, 0.25) is 0 Å². The molecule has 1 aliphatic heterocycles. The Kier molecular flexibility index (Phi) is 3.42. The van der Waals surface area contributed by atoms with Crippen molar-refractivity contribution in [3.8, 4) is 0 Å². The van der Waals surface area contributed by atoms with Gasteiger partial charge in [0, 0.05) is 31.4 Å². The maximum absolute atomic E-state index is 12.2. The molecule has 1 heterocycles. The maximum Gasteiger partial charge on any atom is 0.242 e. The highest BCUT2D eigenvalue weighted by molar-refractivity contribution is 5.85. The fourth-order valence-electron chi connectivity index (χ4n) is 2.58. The summed E-state index contributed by atoms with van der Waals surface area (Å²) in [6.07, 6.45) is 2.27. The van der Waals surface area contributed by atoms with Crippen molar-refractivity contribution in [1.29, 1.82) is 0 Å². The van der Waals surface area contributed by atoms with E-state index in [1.54, 1.807) is 0 Å². The van der Waals surface area contributed by atoms with E-state index in [0.717, 1.165) is 32.5 Å². The van der Waals surface area contributed by atoms with Crippen LogP contribution in [0.15, 0.2) is 24.3 Å². The molecule has 102 valence electrons. The summed E-state index contributed by atoms with van der Waals surface area (Å²) in [5, 5.41) is 6.51. The summed E-state index contributed by atoms with van der Waals surface area (Å²) in [4.78, 5) is 14.5. The van der Waals surface area contributed by atoms with Gasteiger partial charge in [0.15, 0.2) is 0 Å². The first-order valence-electron chi connectivity index (χ1n) is 7.11. The number of nitrogens with zero attached hydrogens (tertiary/aromatic N) is 1. The number of hydrogen-bond acceptors (Lipinski definition) is 3. The van der Waals surface area contributed by atoms with Gasteiger partial charge >= 0.3 is 0 Å². The number of hydrogen-bond donors (Lipinski definition) is 2. The summed E-state index contributed by atoms with van der Waals surface area (Å²) in [5.74, 6) is 0.152. The second-order valence-electron chi connectivity index (χ2n) is 5.46. The Morgan fingerprint density at radius 3 is 3.00 bits per heavy atom. The van der Waals surface area contributed by atoms with E-state index in [9.17, 15) is 4.79 Å². The molecule has 0 saturated heterocycles. The molecular formula is C15H21N3O. The minimum atomic E-state index is -0.110. The highest BCUT2D eigenvalue weighted by Gasteiger charge is 2.29. The number of carbonyl (C=O) groups excluding carboxylic acids is 1. The van der Waals surface area contributed by atoms with Crippen LogP contribution < -0.4 is 15.5 Å². The number of para-hydroxylation sites is 1. The SMILES string of the molecule is CC(C(=O)NC1CC1)N1CCNCc2ccccc21. The molecule has 3 rings (SSSR count). The second kappa shape index (κ2) is 5.21. The lowest BCUT2D eigenvalue weighted by molar-refractivity contribution is -0.122. The van der Waals surface area contributed by atoms with Crippen LogP contribution in [0.4, 0.5) is 5.69 Å². The van der Waals surface area contributed by atoms with E-state index < -0.39 is 0 Å². The maximum atomic E-state index is 12.2. The smallest absolute Gasteiger partial charge is 0.242 e. The largest absolute Gasteiger partial charge is 0.358 e. The Bertz CT molecular complexity index is 470. The van der Waals surface area contributed by atoms with Crippen molar-refractivity contribution in [3.05, 3.63) is 29.8 Å². The lowest BCUT2D eigenvalue weighted by Gasteiger charge is -2.30. The van der Waals surface area contributed by atoms with Gasteiger partial charge in [-0.15, -0.1) is 0 Å². The van der Waals surface area contributed by atoms with Crippen molar-refractivity contribution in [1.82, 2.24) is 10.6 Å². The molecule has 1 amide bonds. The second-order valence-corrected chi connectivity index (χ2v) is 5.46. The van der Waals surface area contributed by atoms with Gasteiger partial charge in [0.2, 0.25) is 5.91 Å². The van der Waals surface area contributed by atoms with Gasteiger partial charge in [-0.1, -0.05) is 18.2 Å². The molecular weight excluding hydrogens is 238 g/mol. The van der Waals surface area contributed by atoms with Crippen molar-refractivity contribution >= 4 is 11.6 Å². The van der Waals surface area contributed by atoms with Gasteiger partial charge in [0.25, 0.3) is 0 Å². The fraction of sp³-hybridized carbons (Fsp3) is 0.533. The first-order chi connectivity index (χ1) is 9.25. The van der Waals surface area contributed by atoms with Crippen LogP contribution >= 0.6 is 0 Å². The molecule has 2 aliphatic rings. The van der Waals surface area contributed by atoms with E-state index in [4.69, 9.17) is 0 Å². The first-order valence-corrected chi connectivity index (χ1v) is 7.11. The molecule has 0 spiro atoms. The lowest BCUT2D eigenvalue weighted by Crippen LogP contribution is -2.47. The zero-order valence-electron chi connectivity index (χ0n) is 11.4. The first kappa shape index (κ1) is 12.5. The quantitative estimate of drug-likeness (QED) is 0.859. The molecule has 1 aliphatic carbocycles. The average Bonchev–Trinajstić information content (AvgIpc) is 3.23. The average molecular weight is 259 g/mol. The lowest BCUT2D eigenvalue weighted by atomic mass is 10.1. The highest BCUT2D eigenvalue weighted by Crippen LogP contribution is 2.25. The number of nitrogens with one attached hydrogen (secondary N) is 2. The van der Waals surface area contributed by atoms with Crippen molar-refractivity contribution in [3.63, 3.8) is 0 Å². The van der Waals surface area contributed by atoms with E-state index in [1.807, 2.05) is 13.0 Å². The predicted molar refractivity (Wildman–Crippen MR) is 76.1 cm³/mol. The third-order valence-electron chi connectivity index (χ3n) is 3.92. The van der Waals surface area contributed by atoms with Crippen LogP contribution in [-0.2, 0) is 11.3 Å². The third-order valence-corrected chi connectivity index (χ3v) is 3.92. The van der Waals surface area contributed by atoms with E-state index in [-0.39, 0.29) is 11.9 Å². The number of anilines is 1. The van der Waals surface area contributed by atoms with Gasteiger partial charge in [-0.2, -0.15) is 0 Å². The van der Waals surface area contributed by atoms with Crippen LogP contribution in [0, 0.1) is 0 Å². The summed E-state index contributed by atoms with van der Waals surface area (Å²) < 4.78 is 0. The molecule has 1 unspecified atom stereocenters. The van der Waals surface area contributed by atoms with Gasteiger partial charge in [-0.25, -0.2) is 0 Å². The summed E-state index contributed by atoms with van der Waals surface area (Å²) in [5.41, 5.74) is 2.46. The standard InChI is InChI=1S/C15H21N3O/c1-11(15(19)17-13-6-7-13)18-9-8-16-10-12-4-2-3-5-14(12)18/h2-5,11,13,16H,6-10H2,1H3,(H,17,19). The van der Waals surface area contributed by atoms with E-state index in [0.29, 0.717) is 6.04 Å².